The van der Waals surface area contributed by atoms with Gasteiger partial charge in [-0.2, -0.15) is 0 Å². The van der Waals surface area contributed by atoms with E-state index in [0.717, 1.165) is 12.5 Å². The number of carboxylic acids is 1. The minimum Gasteiger partial charge on any atom is -0.480 e. The molecule has 2 saturated carbocycles. The molecule has 0 aromatic heterocycles. The highest BCUT2D eigenvalue weighted by Gasteiger charge is 2.30. The van der Waals surface area contributed by atoms with Gasteiger partial charge in [0.2, 0.25) is 0 Å². The van der Waals surface area contributed by atoms with E-state index < -0.39 is 5.97 Å². The van der Waals surface area contributed by atoms with E-state index in [1.165, 1.54) is 51.4 Å². The Morgan fingerprint density at radius 3 is 2.38 bits per heavy atom. The van der Waals surface area contributed by atoms with Gasteiger partial charge in [-0.25, -0.2) is 0 Å². The van der Waals surface area contributed by atoms with Crippen molar-refractivity contribution in [2.24, 2.45) is 5.92 Å². The predicted molar refractivity (Wildman–Crippen MR) is 63.4 cm³/mol. The van der Waals surface area contributed by atoms with Gasteiger partial charge in [-0.15, -0.1) is 0 Å². The normalized spacial score (nSPS) is 22.6. The van der Waals surface area contributed by atoms with Crippen LogP contribution in [0.5, 0.6) is 0 Å². The molecular weight excluding hydrogens is 202 g/mol. The number of rotatable bonds is 6. The fourth-order valence-electron chi connectivity index (χ4n) is 2.83. The first-order valence-electron chi connectivity index (χ1n) is 6.71. The summed E-state index contributed by atoms with van der Waals surface area (Å²) in [5.74, 6) is 0.194. The van der Waals surface area contributed by atoms with Crippen LogP contribution in [0.2, 0.25) is 0 Å². The summed E-state index contributed by atoms with van der Waals surface area (Å²) in [4.78, 5) is 12.9. The van der Waals surface area contributed by atoms with Gasteiger partial charge in [-0.1, -0.05) is 32.1 Å². The van der Waals surface area contributed by atoms with Crippen LogP contribution in [0, 0.1) is 5.92 Å². The summed E-state index contributed by atoms with van der Waals surface area (Å²) in [5, 5.41) is 8.86. The van der Waals surface area contributed by atoms with Gasteiger partial charge in [0.05, 0.1) is 6.54 Å². The topological polar surface area (TPSA) is 40.5 Å². The smallest absolute Gasteiger partial charge is 0.317 e. The van der Waals surface area contributed by atoms with Gasteiger partial charge >= 0.3 is 5.97 Å². The second-order valence-electron chi connectivity index (χ2n) is 5.39. The van der Waals surface area contributed by atoms with Gasteiger partial charge < -0.3 is 5.11 Å². The quantitative estimate of drug-likeness (QED) is 0.755. The molecule has 3 nitrogen and oxygen atoms in total. The van der Waals surface area contributed by atoms with Crippen LogP contribution in [0.25, 0.3) is 0 Å². The van der Waals surface area contributed by atoms with Gasteiger partial charge in [0.25, 0.3) is 0 Å². The maximum Gasteiger partial charge on any atom is 0.317 e. The molecule has 0 unspecified atom stereocenters. The van der Waals surface area contributed by atoms with Crippen molar-refractivity contribution in [3.63, 3.8) is 0 Å². The summed E-state index contributed by atoms with van der Waals surface area (Å²) in [5.41, 5.74) is 0. The van der Waals surface area contributed by atoms with Crippen LogP contribution in [-0.4, -0.2) is 35.1 Å². The second kappa shape index (κ2) is 5.67. The molecular formula is C13H23NO2. The van der Waals surface area contributed by atoms with Crippen LogP contribution in [0.3, 0.4) is 0 Å². The molecule has 3 heteroatoms. The monoisotopic (exact) mass is 225 g/mol. The number of carboxylic acid groups (broad SMARTS) is 1. The standard InChI is InChI=1S/C13H23NO2/c15-13(16)10-14(12-6-7-12)9-8-11-4-2-1-3-5-11/h11-12H,1-10H2,(H,15,16). The van der Waals surface area contributed by atoms with Gasteiger partial charge in [0.1, 0.15) is 0 Å². The lowest BCUT2D eigenvalue weighted by molar-refractivity contribution is -0.138. The second-order valence-corrected chi connectivity index (χ2v) is 5.39. The minimum atomic E-state index is -0.671. The Morgan fingerprint density at radius 2 is 1.81 bits per heavy atom. The molecule has 0 saturated heterocycles. The molecule has 0 aliphatic heterocycles. The largest absolute Gasteiger partial charge is 0.480 e. The molecule has 1 N–H and O–H groups in total. The van der Waals surface area contributed by atoms with Crippen molar-refractivity contribution in [1.29, 1.82) is 0 Å². The summed E-state index contributed by atoms with van der Waals surface area (Å²) in [6, 6.07) is 0.583. The molecule has 0 radical (unpaired) electrons. The molecule has 2 rings (SSSR count). The summed E-state index contributed by atoms with van der Waals surface area (Å²) in [6.07, 6.45) is 10.5. The van der Waals surface area contributed by atoms with Crippen molar-refractivity contribution in [2.75, 3.05) is 13.1 Å². The molecule has 16 heavy (non-hydrogen) atoms. The van der Waals surface area contributed by atoms with Crippen molar-refractivity contribution < 1.29 is 9.90 Å². The molecule has 0 heterocycles. The minimum absolute atomic E-state index is 0.247. The molecule has 2 aliphatic rings. The molecule has 2 aliphatic carbocycles. The van der Waals surface area contributed by atoms with E-state index in [4.69, 9.17) is 5.11 Å². The lowest BCUT2D eigenvalue weighted by Crippen LogP contribution is -2.33. The van der Waals surface area contributed by atoms with Crippen molar-refractivity contribution in [1.82, 2.24) is 4.90 Å². The predicted octanol–water partition coefficient (Wildman–Crippen LogP) is 2.51. The molecule has 0 bridgehead atoms. The van der Waals surface area contributed by atoms with Crippen LogP contribution in [0.1, 0.15) is 51.4 Å². The highest BCUT2D eigenvalue weighted by atomic mass is 16.4. The van der Waals surface area contributed by atoms with E-state index in [-0.39, 0.29) is 6.54 Å². The maximum atomic E-state index is 10.8. The maximum absolute atomic E-state index is 10.8. The van der Waals surface area contributed by atoms with E-state index in [1.54, 1.807) is 0 Å². The molecule has 0 spiro atoms. The molecule has 0 aromatic carbocycles. The Bertz CT molecular complexity index is 232. The fraction of sp³-hybridized carbons (Fsp3) is 0.923. The van der Waals surface area contributed by atoms with E-state index in [1.807, 2.05) is 0 Å². The van der Waals surface area contributed by atoms with Crippen LogP contribution in [0.15, 0.2) is 0 Å². The first kappa shape index (κ1) is 11.9. The average Bonchev–Trinajstić information content (AvgIpc) is 3.09. The third-order valence-electron chi connectivity index (χ3n) is 3.95. The van der Waals surface area contributed by atoms with Gasteiger partial charge in [-0.3, -0.25) is 9.69 Å². The number of hydrogen-bond acceptors (Lipinski definition) is 2. The fourth-order valence-corrected chi connectivity index (χ4v) is 2.83. The van der Waals surface area contributed by atoms with Crippen LogP contribution in [0.4, 0.5) is 0 Å². The molecule has 0 atom stereocenters. The van der Waals surface area contributed by atoms with E-state index in [2.05, 4.69) is 4.90 Å². The SMILES string of the molecule is O=C(O)CN(CCC1CCCCC1)C1CC1. The number of nitrogens with zero attached hydrogens (tertiary/aromatic N) is 1. The zero-order chi connectivity index (χ0) is 11.4. The Balaban J connectivity index is 1.70. The first-order valence-corrected chi connectivity index (χ1v) is 6.71. The van der Waals surface area contributed by atoms with Crippen molar-refractivity contribution in [2.45, 2.75) is 57.4 Å². The number of carbonyl (C=O) groups is 1. The summed E-state index contributed by atoms with van der Waals surface area (Å²) in [6.45, 7) is 1.25. The number of aliphatic carboxylic acids is 1. The Labute approximate surface area is 97.8 Å². The summed E-state index contributed by atoms with van der Waals surface area (Å²) in [7, 11) is 0. The Kier molecular flexibility index (Phi) is 4.22. The highest BCUT2D eigenvalue weighted by Crippen LogP contribution is 2.30. The molecule has 0 amide bonds. The van der Waals surface area contributed by atoms with Crippen LogP contribution in [-0.2, 0) is 4.79 Å². The lowest BCUT2D eigenvalue weighted by Gasteiger charge is -2.25. The van der Waals surface area contributed by atoms with Gasteiger partial charge in [-0.05, 0) is 31.7 Å². The van der Waals surface area contributed by atoms with Crippen molar-refractivity contribution in [3.05, 3.63) is 0 Å². The molecule has 2 fully saturated rings. The van der Waals surface area contributed by atoms with Gasteiger partial charge in [0.15, 0.2) is 0 Å². The highest BCUT2D eigenvalue weighted by molar-refractivity contribution is 5.69. The average molecular weight is 225 g/mol. The van der Waals surface area contributed by atoms with E-state index >= 15 is 0 Å². The van der Waals surface area contributed by atoms with Crippen LogP contribution < -0.4 is 0 Å². The van der Waals surface area contributed by atoms with Crippen molar-refractivity contribution in [3.8, 4) is 0 Å². The Hall–Kier alpha value is -0.570. The zero-order valence-electron chi connectivity index (χ0n) is 10.0. The summed E-state index contributed by atoms with van der Waals surface area (Å²) < 4.78 is 0. The van der Waals surface area contributed by atoms with Crippen LogP contribution >= 0.6 is 0 Å². The summed E-state index contributed by atoms with van der Waals surface area (Å²) >= 11 is 0. The van der Waals surface area contributed by atoms with E-state index in [9.17, 15) is 4.79 Å². The first-order chi connectivity index (χ1) is 7.75. The molecule has 92 valence electrons. The lowest BCUT2D eigenvalue weighted by atomic mass is 9.87. The molecule has 0 aromatic rings. The number of hydrogen-bond donors (Lipinski definition) is 1. The third-order valence-corrected chi connectivity index (χ3v) is 3.95. The zero-order valence-corrected chi connectivity index (χ0v) is 10.0. The Morgan fingerprint density at radius 1 is 1.12 bits per heavy atom. The third kappa shape index (κ3) is 3.78. The van der Waals surface area contributed by atoms with Gasteiger partial charge in [0, 0.05) is 6.04 Å². The van der Waals surface area contributed by atoms with E-state index in [0.29, 0.717) is 6.04 Å². The van der Waals surface area contributed by atoms with Crippen molar-refractivity contribution >= 4 is 5.97 Å².